The number of carbonyl (C=O) groups is 1. The molecule has 0 aliphatic carbocycles. The highest BCUT2D eigenvalue weighted by atomic mass is 16.1. The van der Waals surface area contributed by atoms with Gasteiger partial charge in [-0.05, 0) is 19.3 Å². The van der Waals surface area contributed by atoms with Gasteiger partial charge in [0, 0.05) is 6.42 Å². The molecule has 0 bridgehead atoms. The number of unbranched alkanes of at least 4 members (excludes halogenated alkanes) is 6. The zero-order chi connectivity index (χ0) is 13.5. The van der Waals surface area contributed by atoms with Crippen molar-refractivity contribution < 1.29 is 4.79 Å². The van der Waals surface area contributed by atoms with E-state index in [0.717, 1.165) is 18.8 Å². The minimum absolute atomic E-state index is 0.340. The largest absolute Gasteiger partial charge is 0.300 e. The van der Waals surface area contributed by atoms with Crippen LogP contribution >= 0.6 is 0 Å². The van der Waals surface area contributed by atoms with E-state index in [2.05, 4.69) is 13.8 Å². The lowest BCUT2D eigenvalue weighted by Crippen LogP contribution is -1.89. The van der Waals surface area contributed by atoms with Crippen LogP contribution in [0.4, 0.5) is 0 Å². The first kappa shape index (κ1) is 19.0. The van der Waals surface area contributed by atoms with Gasteiger partial charge < -0.3 is 4.79 Å². The van der Waals surface area contributed by atoms with Crippen LogP contribution < -0.4 is 0 Å². The summed E-state index contributed by atoms with van der Waals surface area (Å²) in [6, 6.07) is 0. The molecule has 0 saturated carbocycles. The first-order valence-electron chi connectivity index (χ1n) is 7.62. The monoisotopic (exact) mass is 242 g/mol. The molecule has 0 unspecified atom stereocenters. The Morgan fingerprint density at radius 1 is 0.824 bits per heavy atom. The third-order valence-electron chi connectivity index (χ3n) is 2.81. The van der Waals surface area contributed by atoms with Gasteiger partial charge in [-0.25, -0.2) is 0 Å². The van der Waals surface area contributed by atoms with Crippen molar-refractivity contribution >= 4 is 5.78 Å². The summed E-state index contributed by atoms with van der Waals surface area (Å²) in [6.45, 7) is 10.3. The molecule has 1 heteroatoms. The van der Waals surface area contributed by atoms with Crippen LogP contribution in [0.25, 0.3) is 0 Å². The number of hydrogen-bond acceptors (Lipinski definition) is 1. The third-order valence-corrected chi connectivity index (χ3v) is 2.81. The van der Waals surface area contributed by atoms with E-state index >= 15 is 0 Å². The molecule has 0 radical (unpaired) electrons. The van der Waals surface area contributed by atoms with Crippen molar-refractivity contribution in [3.8, 4) is 0 Å². The van der Waals surface area contributed by atoms with Gasteiger partial charge in [-0.2, -0.15) is 0 Å². The molecule has 104 valence electrons. The molecular weight excluding hydrogens is 208 g/mol. The van der Waals surface area contributed by atoms with Crippen molar-refractivity contribution in [1.29, 1.82) is 0 Å². The maximum Gasteiger partial charge on any atom is 0.129 e. The Morgan fingerprint density at radius 2 is 1.24 bits per heavy atom. The Morgan fingerprint density at radius 3 is 1.65 bits per heavy atom. The van der Waals surface area contributed by atoms with E-state index in [9.17, 15) is 4.79 Å². The predicted octanol–water partition coefficient (Wildman–Crippen LogP) is 5.77. The van der Waals surface area contributed by atoms with E-state index in [4.69, 9.17) is 0 Å². The van der Waals surface area contributed by atoms with Gasteiger partial charge in [0.15, 0.2) is 0 Å². The fraction of sp³-hybridized carbons (Fsp3) is 0.938. The molecule has 0 fully saturated rings. The lowest BCUT2D eigenvalue weighted by molar-refractivity contribution is -0.117. The van der Waals surface area contributed by atoms with Crippen LogP contribution in [-0.4, -0.2) is 5.78 Å². The number of carbonyl (C=O) groups excluding carboxylic acids is 1. The summed E-state index contributed by atoms with van der Waals surface area (Å²) in [5, 5.41) is 0. The highest BCUT2D eigenvalue weighted by Gasteiger charge is 1.96. The van der Waals surface area contributed by atoms with Gasteiger partial charge in [-0.1, -0.05) is 72.6 Å². The third kappa shape index (κ3) is 21.5. The van der Waals surface area contributed by atoms with Gasteiger partial charge in [0.2, 0.25) is 0 Å². The molecule has 0 heterocycles. The van der Waals surface area contributed by atoms with E-state index in [1.807, 2.05) is 13.8 Å². The molecule has 0 aromatic carbocycles. The zero-order valence-corrected chi connectivity index (χ0v) is 12.8. The molecule has 0 aromatic heterocycles. The van der Waals surface area contributed by atoms with Crippen LogP contribution in [0, 0.1) is 5.92 Å². The molecule has 0 atom stereocenters. The number of hydrogen-bond donors (Lipinski definition) is 0. The Hall–Kier alpha value is -0.330. The summed E-state index contributed by atoms with van der Waals surface area (Å²) >= 11 is 0. The minimum atomic E-state index is 0.340. The summed E-state index contributed by atoms with van der Waals surface area (Å²) in [4.78, 5) is 10.7. The van der Waals surface area contributed by atoms with Crippen LogP contribution in [0.15, 0.2) is 0 Å². The van der Waals surface area contributed by atoms with Gasteiger partial charge in [0.25, 0.3) is 0 Å². The summed E-state index contributed by atoms with van der Waals surface area (Å²) in [7, 11) is 0. The summed E-state index contributed by atoms with van der Waals surface area (Å²) in [5.41, 5.74) is 0. The summed E-state index contributed by atoms with van der Waals surface area (Å²) in [5.74, 6) is 1.20. The molecule has 17 heavy (non-hydrogen) atoms. The maximum atomic E-state index is 10.7. The van der Waals surface area contributed by atoms with Gasteiger partial charge in [0.1, 0.15) is 5.78 Å². The zero-order valence-electron chi connectivity index (χ0n) is 12.8. The Bertz CT molecular complexity index is 150. The van der Waals surface area contributed by atoms with Crippen molar-refractivity contribution in [2.24, 2.45) is 5.92 Å². The SMILES string of the molecule is CC.CC(=O)CCCCCCCCCC(C)C. The fourth-order valence-electron chi connectivity index (χ4n) is 1.81. The summed E-state index contributed by atoms with van der Waals surface area (Å²) < 4.78 is 0. The van der Waals surface area contributed by atoms with Gasteiger partial charge in [-0.3, -0.25) is 0 Å². The Balaban J connectivity index is 0. The van der Waals surface area contributed by atoms with Gasteiger partial charge >= 0.3 is 0 Å². The molecule has 0 aliphatic heterocycles. The molecule has 0 rings (SSSR count). The molecule has 0 saturated heterocycles. The molecule has 0 aliphatic rings. The predicted molar refractivity (Wildman–Crippen MR) is 78.4 cm³/mol. The van der Waals surface area contributed by atoms with E-state index in [1.54, 1.807) is 6.92 Å². The molecule has 1 nitrogen and oxygen atoms in total. The normalized spacial score (nSPS) is 10.0. The molecule has 0 aromatic rings. The second-order valence-corrected chi connectivity index (χ2v) is 5.11. The van der Waals surface area contributed by atoms with E-state index < -0.39 is 0 Å². The van der Waals surface area contributed by atoms with E-state index in [1.165, 1.54) is 44.9 Å². The molecule has 0 N–H and O–H groups in total. The maximum absolute atomic E-state index is 10.7. The van der Waals surface area contributed by atoms with Gasteiger partial charge in [0.05, 0.1) is 0 Å². The van der Waals surface area contributed by atoms with Crippen LogP contribution in [0.1, 0.15) is 92.4 Å². The second kappa shape index (κ2) is 15.7. The number of ketones is 1. The molecular formula is C16H34O. The quantitative estimate of drug-likeness (QED) is 0.444. The average molecular weight is 242 g/mol. The van der Waals surface area contributed by atoms with E-state index in [0.29, 0.717) is 5.78 Å². The van der Waals surface area contributed by atoms with Crippen LogP contribution in [0.5, 0.6) is 0 Å². The number of rotatable bonds is 10. The summed E-state index contributed by atoms with van der Waals surface area (Å²) in [6.07, 6.45) is 11.3. The smallest absolute Gasteiger partial charge is 0.129 e. The standard InChI is InChI=1S/C14H28O.C2H6/c1-13(2)11-9-7-5-4-6-8-10-12-14(3)15;1-2/h13H,4-12H2,1-3H3;1-2H3. The fourth-order valence-corrected chi connectivity index (χ4v) is 1.81. The topological polar surface area (TPSA) is 17.1 Å². The Labute approximate surface area is 109 Å². The molecule has 0 spiro atoms. The Kier molecular flexibility index (Phi) is 17.5. The van der Waals surface area contributed by atoms with Crippen molar-refractivity contribution in [3.05, 3.63) is 0 Å². The highest BCUT2D eigenvalue weighted by Crippen LogP contribution is 2.12. The highest BCUT2D eigenvalue weighted by molar-refractivity contribution is 5.75. The lowest BCUT2D eigenvalue weighted by atomic mass is 10.0. The molecule has 0 amide bonds. The lowest BCUT2D eigenvalue weighted by Gasteiger charge is -2.04. The van der Waals surface area contributed by atoms with Crippen molar-refractivity contribution in [1.82, 2.24) is 0 Å². The van der Waals surface area contributed by atoms with Gasteiger partial charge in [-0.15, -0.1) is 0 Å². The average Bonchev–Trinajstić information content (AvgIpc) is 2.29. The van der Waals surface area contributed by atoms with Crippen LogP contribution in [0.3, 0.4) is 0 Å². The van der Waals surface area contributed by atoms with Crippen LogP contribution in [0.2, 0.25) is 0 Å². The minimum Gasteiger partial charge on any atom is -0.300 e. The van der Waals surface area contributed by atoms with Crippen molar-refractivity contribution in [2.45, 2.75) is 92.4 Å². The first-order chi connectivity index (χ1) is 8.13. The van der Waals surface area contributed by atoms with Crippen molar-refractivity contribution in [2.75, 3.05) is 0 Å². The van der Waals surface area contributed by atoms with E-state index in [-0.39, 0.29) is 0 Å². The van der Waals surface area contributed by atoms with Crippen molar-refractivity contribution in [3.63, 3.8) is 0 Å². The van der Waals surface area contributed by atoms with Crippen LogP contribution in [-0.2, 0) is 4.79 Å². The second-order valence-electron chi connectivity index (χ2n) is 5.11. The first-order valence-corrected chi connectivity index (χ1v) is 7.62. The number of Topliss-reactive ketones (excluding diaryl/α,β-unsaturated/α-hetero) is 1.